The molecule has 0 spiro atoms. The first kappa shape index (κ1) is 15.2. The highest BCUT2D eigenvalue weighted by molar-refractivity contribution is 5.43. The van der Waals surface area contributed by atoms with Crippen molar-refractivity contribution in [1.29, 1.82) is 0 Å². The molecule has 1 saturated heterocycles. The zero-order valence-corrected chi connectivity index (χ0v) is 13.5. The number of anilines is 1. The second-order valence-corrected chi connectivity index (χ2v) is 6.02. The van der Waals surface area contributed by atoms with Gasteiger partial charge in [-0.1, -0.05) is 0 Å². The Labute approximate surface area is 130 Å². The van der Waals surface area contributed by atoms with Gasteiger partial charge >= 0.3 is 0 Å². The average Bonchev–Trinajstić information content (AvgIpc) is 2.82. The fourth-order valence-electron chi connectivity index (χ4n) is 2.97. The molecule has 120 valence electrons. The highest BCUT2D eigenvalue weighted by Crippen LogP contribution is 2.11. The van der Waals surface area contributed by atoms with Crippen molar-refractivity contribution < 1.29 is 4.74 Å². The Morgan fingerprint density at radius 2 is 2.00 bits per heavy atom. The summed E-state index contributed by atoms with van der Waals surface area (Å²) in [6.07, 6.45) is 1.74. The van der Waals surface area contributed by atoms with Gasteiger partial charge in [-0.3, -0.25) is 4.90 Å². The Morgan fingerprint density at radius 3 is 2.77 bits per heavy atom. The molecule has 1 aliphatic heterocycles. The maximum Gasteiger partial charge on any atom is 0.176 e. The predicted octanol–water partition coefficient (Wildman–Crippen LogP) is 1.34. The molecule has 22 heavy (non-hydrogen) atoms. The van der Waals surface area contributed by atoms with Crippen LogP contribution in [0.15, 0.2) is 12.1 Å². The molecule has 0 aliphatic carbocycles. The molecule has 0 saturated carbocycles. The SMILES string of the molecule is Cc1nc2ccc(NCCCN3CC(C)OC(C)C3)nn2n1. The molecule has 2 aromatic heterocycles. The molecule has 1 N–H and O–H groups in total. The van der Waals surface area contributed by atoms with Gasteiger partial charge in [0.25, 0.3) is 0 Å². The molecule has 0 radical (unpaired) electrons. The summed E-state index contributed by atoms with van der Waals surface area (Å²) in [5.41, 5.74) is 0.777. The van der Waals surface area contributed by atoms with Crippen LogP contribution in [-0.4, -0.2) is 63.1 Å². The molecule has 7 heteroatoms. The van der Waals surface area contributed by atoms with E-state index >= 15 is 0 Å². The highest BCUT2D eigenvalue weighted by Gasteiger charge is 2.21. The van der Waals surface area contributed by atoms with Crippen molar-refractivity contribution in [2.24, 2.45) is 0 Å². The quantitative estimate of drug-likeness (QED) is 0.841. The van der Waals surface area contributed by atoms with Crippen molar-refractivity contribution in [1.82, 2.24) is 24.7 Å². The first-order chi connectivity index (χ1) is 10.6. The Morgan fingerprint density at radius 1 is 1.23 bits per heavy atom. The normalized spacial score (nSPS) is 23.0. The highest BCUT2D eigenvalue weighted by atomic mass is 16.5. The van der Waals surface area contributed by atoms with E-state index in [2.05, 4.69) is 39.2 Å². The Bertz CT molecular complexity index is 618. The fourth-order valence-corrected chi connectivity index (χ4v) is 2.97. The maximum absolute atomic E-state index is 5.75. The topological polar surface area (TPSA) is 67.6 Å². The number of rotatable bonds is 5. The van der Waals surface area contributed by atoms with Crippen LogP contribution in [0.1, 0.15) is 26.1 Å². The molecule has 0 amide bonds. The Kier molecular flexibility index (Phi) is 4.54. The molecule has 7 nitrogen and oxygen atoms in total. The van der Waals surface area contributed by atoms with E-state index in [1.165, 1.54) is 0 Å². The molecule has 2 unspecified atom stereocenters. The van der Waals surface area contributed by atoms with Crippen LogP contribution in [-0.2, 0) is 4.74 Å². The summed E-state index contributed by atoms with van der Waals surface area (Å²) in [6.45, 7) is 10.2. The number of aryl methyl sites for hydroxylation is 1. The van der Waals surface area contributed by atoms with Gasteiger partial charge < -0.3 is 10.1 Å². The van der Waals surface area contributed by atoms with E-state index in [1.54, 1.807) is 4.63 Å². The van der Waals surface area contributed by atoms with E-state index in [-0.39, 0.29) is 0 Å². The van der Waals surface area contributed by atoms with Crippen LogP contribution in [0.3, 0.4) is 0 Å². The van der Waals surface area contributed by atoms with Crippen molar-refractivity contribution in [3.05, 3.63) is 18.0 Å². The van der Waals surface area contributed by atoms with Gasteiger partial charge in [0, 0.05) is 26.2 Å². The zero-order valence-electron chi connectivity index (χ0n) is 13.5. The van der Waals surface area contributed by atoms with Gasteiger partial charge in [0.1, 0.15) is 11.6 Å². The van der Waals surface area contributed by atoms with Gasteiger partial charge in [0.2, 0.25) is 0 Å². The van der Waals surface area contributed by atoms with Gasteiger partial charge in [-0.2, -0.15) is 0 Å². The van der Waals surface area contributed by atoms with Crippen LogP contribution in [0, 0.1) is 6.92 Å². The first-order valence-corrected chi connectivity index (χ1v) is 7.92. The van der Waals surface area contributed by atoms with Crippen LogP contribution >= 0.6 is 0 Å². The largest absolute Gasteiger partial charge is 0.373 e. The number of hydrogen-bond acceptors (Lipinski definition) is 6. The predicted molar refractivity (Wildman–Crippen MR) is 85.1 cm³/mol. The number of hydrogen-bond donors (Lipinski definition) is 1. The number of nitrogens with zero attached hydrogens (tertiary/aromatic N) is 5. The summed E-state index contributed by atoms with van der Waals surface area (Å²) < 4.78 is 7.32. The lowest BCUT2D eigenvalue weighted by atomic mass is 10.2. The number of aromatic nitrogens is 4. The van der Waals surface area contributed by atoms with Crippen molar-refractivity contribution in [3.63, 3.8) is 0 Å². The molecule has 3 heterocycles. The summed E-state index contributed by atoms with van der Waals surface area (Å²) in [5.74, 6) is 1.57. The van der Waals surface area contributed by atoms with Gasteiger partial charge in [0.05, 0.1) is 12.2 Å². The molecule has 0 bridgehead atoms. The number of ether oxygens (including phenoxy) is 1. The minimum atomic E-state index is 0.330. The molecule has 3 rings (SSSR count). The molecule has 2 atom stereocenters. The summed E-state index contributed by atoms with van der Waals surface area (Å²) in [7, 11) is 0. The smallest absolute Gasteiger partial charge is 0.176 e. The maximum atomic E-state index is 5.75. The standard InChI is InChI=1S/C15H24N6O/c1-11-9-20(10-12(2)22-11)8-4-7-16-14-5-6-15-17-13(3)18-21(15)19-14/h5-6,11-12H,4,7-10H2,1-3H3,(H,16,19). The minimum absolute atomic E-state index is 0.330. The third-order valence-corrected chi connectivity index (χ3v) is 3.77. The van der Waals surface area contributed by atoms with Crippen LogP contribution in [0.4, 0.5) is 5.82 Å². The molecule has 0 aromatic carbocycles. The zero-order chi connectivity index (χ0) is 15.5. The number of fused-ring (bicyclic) bond motifs is 1. The molecule has 1 fully saturated rings. The van der Waals surface area contributed by atoms with Gasteiger partial charge in [-0.05, 0) is 39.3 Å². The van der Waals surface area contributed by atoms with Crippen LogP contribution in [0.5, 0.6) is 0 Å². The van der Waals surface area contributed by atoms with Gasteiger partial charge in [0.15, 0.2) is 5.65 Å². The summed E-state index contributed by atoms with van der Waals surface area (Å²) in [6, 6.07) is 3.88. The number of morpholine rings is 1. The molecular weight excluding hydrogens is 280 g/mol. The monoisotopic (exact) mass is 304 g/mol. The third-order valence-electron chi connectivity index (χ3n) is 3.77. The van der Waals surface area contributed by atoms with E-state index in [0.717, 1.165) is 49.9 Å². The van der Waals surface area contributed by atoms with Gasteiger partial charge in [-0.25, -0.2) is 4.98 Å². The number of nitrogens with one attached hydrogen (secondary N) is 1. The fraction of sp³-hybridized carbons (Fsp3) is 0.667. The lowest BCUT2D eigenvalue weighted by Crippen LogP contribution is -2.45. The van der Waals surface area contributed by atoms with E-state index in [9.17, 15) is 0 Å². The second kappa shape index (κ2) is 6.58. The second-order valence-electron chi connectivity index (χ2n) is 6.02. The Balaban J connectivity index is 1.45. The van der Waals surface area contributed by atoms with Crippen LogP contribution in [0.2, 0.25) is 0 Å². The van der Waals surface area contributed by atoms with Crippen molar-refractivity contribution in [3.8, 4) is 0 Å². The summed E-state index contributed by atoms with van der Waals surface area (Å²) in [5, 5.41) is 12.0. The average molecular weight is 304 g/mol. The van der Waals surface area contributed by atoms with Crippen LogP contribution < -0.4 is 5.32 Å². The first-order valence-electron chi connectivity index (χ1n) is 7.92. The van der Waals surface area contributed by atoms with Crippen molar-refractivity contribution in [2.45, 2.75) is 39.4 Å². The van der Waals surface area contributed by atoms with Crippen molar-refractivity contribution in [2.75, 3.05) is 31.5 Å². The lowest BCUT2D eigenvalue weighted by Gasteiger charge is -2.35. The molecule has 2 aromatic rings. The lowest BCUT2D eigenvalue weighted by molar-refractivity contribution is -0.0678. The third kappa shape index (κ3) is 3.72. The van der Waals surface area contributed by atoms with E-state index in [0.29, 0.717) is 12.2 Å². The minimum Gasteiger partial charge on any atom is -0.373 e. The van der Waals surface area contributed by atoms with Crippen LogP contribution in [0.25, 0.3) is 5.65 Å². The molecule has 1 aliphatic rings. The van der Waals surface area contributed by atoms with Crippen molar-refractivity contribution >= 4 is 11.5 Å². The molecular formula is C15H24N6O. The Hall–Kier alpha value is -1.73. The summed E-state index contributed by atoms with van der Waals surface area (Å²) >= 11 is 0. The van der Waals surface area contributed by atoms with E-state index in [1.807, 2.05) is 19.1 Å². The summed E-state index contributed by atoms with van der Waals surface area (Å²) in [4.78, 5) is 6.74. The van der Waals surface area contributed by atoms with E-state index in [4.69, 9.17) is 4.74 Å². The van der Waals surface area contributed by atoms with Gasteiger partial charge in [-0.15, -0.1) is 14.8 Å². The van der Waals surface area contributed by atoms with E-state index < -0.39 is 0 Å².